The van der Waals surface area contributed by atoms with Crippen LogP contribution in [0.2, 0.25) is 0 Å². The second-order valence-electron chi connectivity index (χ2n) is 5.59. The number of rotatable bonds is 6. The van der Waals surface area contributed by atoms with Gasteiger partial charge in [0, 0.05) is 19.1 Å². The summed E-state index contributed by atoms with van der Waals surface area (Å²) in [6, 6.07) is 9.94. The third kappa shape index (κ3) is 5.13. The Labute approximate surface area is 145 Å². The Balaban J connectivity index is 2.06. The van der Waals surface area contributed by atoms with E-state index < -0.39 is 4.92 Å². The first kappa shape index (κ1) is 18.1. The maximum atomic E-state index is 10.9. The molecule has 7 nitrogen and oxygen atoms in total. The van der Waals surface area contributed by atoms with Crippen molar-refractivity contribution in [2.75, 3.05) is 5.43 Å². The molecule has 0 aromatic heterocycles. The molecule has 0 aliphatic rings. The van der Waals surface area contributed by atoms with Gasteiger partial charge in [0.2, 0.25) is 0 Å². The highest BCUT2D eigenvalue weighted by molar-refractivity contribution is 5.82. The summed E-state index contributed by atoms with van der Waals surface area (Å²) in [7, 11) is 0. The maximum Gasteiger partial charge on any atom is 0.302 e. The van der Waals surface area contributed by atoms with Crippen LogP contribution in [0.15, 0.2) is 41.5 Å². The van der Waals surface area contributed by atoms with E-state index in [1.54, 1.807) is 18.3 Å². The standard InChI is InChI=1S/C18H19N3O4/c1-12-9-16(11-25-14(3)22)13(2)8-15(12)10-19-20-17-4-6-18(7-5-17)21(23)24/h4-10,20H,11H2,1-3H3. The van der Waals surface area contributed by atoms with Crippen LogP contribution in [-0.4, -0.2) is 17.1 Å². The lowest BCUT2D eigenvalue weighted by molar-refractivity contribution is -0.384. The fourth-order valence-corrected chi connectivity index (χ4v) is 2.21. The van der Waals surface area contributed by atoms with Gasteiger partial charge in [0.25, 0.3) is 5.69 Å². The van der Waals surface area contributed by atoms with Gasteiger partial charge in [-0.25, -0.2) is 0 Å². The van der Waals surface area contributed by atoms with E-state index in [1.807, 2.05) is 26.0 Å². The molecule has 0 fully saturated rings. The van der Waals surface area contributed by atoms with Gasteiger partial charge in [0.05, 0.1) is 16.8 Å². The van der Waals surface area contributed by atoms with E-state index in [-0.39, 0.29) is 18.3 Å². The van der Waals surface area contributed by atoms with Crippen molar-refractivity contribution in [1.82, 2.24) is 0 Å². The Hall–Kier alpha value is -3.22. The van der Waals surface area contributed by atoms with E-state index in [0.717, 1.165) is 22.3 Å². The highest BCUT2D eigenvalue weighted by Gasteiger charge is 2.06. The van der Waals surface area contributed by atoms with E-state index in [1.165, 1.54) is 19.1 Å². The van der Waals surface area contributed by atoms with Crippen molar-refractivity contribution in [3.8, 4) is 0 Å². The Morgan fingerprint density at radius 2 is 1.92 bits per heavy atom. The topological polar surface area (TPSA) is 93.8 Å². The number of nitrogens with one attached hydrogen (secondary N) is 1. The van der Waals surface area contributed by atoms with Gasteiger partial charge in [-0.3, -0.25) is 20.3 Å². The van der Waals surface area contributed by atoms with Crippen molar-refractivity contribution in [3.05, 3.63) is 68.8 Å². The van der Waals surface area contributed by atoms with Crippen LogP contribution in [0.4, 0.5) is 11.4 Å². The average Bonchev–Trinajstić information content (AvgIpc) is 2.56. The Morgan fingerprint density at radius 1 is 1.24 bits per heavy atom. The minimum Gasteiger partial charge on any atom is -0.461 e. The molecule has 0 bridgehead atoms. The van der Waals surface area contributed by atoms with Gasteiger partial charge < -0.3 is 4.74 Å². The summed E-state index contributed by atoms with van der Waals surface area (Å²) in [5.41, 5.74) is 7.41. The predicted molar refractivity (Wildman–Crippen MR) is 95.7 cm³/mol. The average molecular weight is 341 g/mol. The van der Waals surface area contributed by atoms with Gasteiger partial charge >= 0.3 is 5.97 Å². The van der Waals surface area contributed by atoms with Crippen LogP contribution < -0.4 is 5.43 Å². The molecule has 0 atom stereocenters. The number of carbonyl (C=O) groups is 1. The molecule has 7 heteroatoms. The first-order valence-corrected chi connectivity index (χ1v) is 7.64. The number of nitro benzene ring substituents is 1. The van der Waals surface area contributed by atoms with Crippen LogP contribution in [-0.2, 0) is 16.1 Å². The fourth-order valence-electron chi connectivity index (χ4n) is 2.21. The largest absolute Gasteiger partial charge is 0.461 e. The molecule has 0 saturated carbocycles. The number of hydrazone groups is 1. The minimum absolute atomic E-state index is 0.0318. The Kier molecular flexibility index (Phi) is 5.84. The van der Waals surface area contributed by atoms with Crippen LogP contribution in [0.25, 0.3) is 0 Å². The number of carbonyl (C=O) groups excluding carboxylic acids is 1. The zero-order valence-corrected chi connectivity index (χ0v) is 14.3. The molecule has 2 rings (SSSR count). The van der Waals surface area contributed by atoms with Crippen molar-refractivity contribution in [1.29, 1.82) is 0 Å². The highest BCUT2D eigenvalue weighted by atomic mass is 16.6. The molecule has 0 aliphatic carbocycles. The van der Waals surface area contributed by atoms with E-state index in [9.17, 15) is 14.9 Å². The third-order valence-electron chi connectivity index (χ3n) is 3.63. The number of aryl methyl sites for hydroxylation is 2. The number of nitrogens with zero attached hydrogens (tertiary/aromatic N) is 2. The predicted octanol–water partition coefficient (Wildman–Crippen LogP) is 3.72. The van der Waals surface area contributed by atoms with Gasteiger partial charge in [-0.15, -0.1) is 0 Å². The van der Waals surface area contributed by atoms with Gasteiger partial charge in [-0.1, -0.05) is 6.07 Å². The second kappa shape index (κ2) is 8.05. The van der Waals surface area contributed by atoms with Crippen molar-refractivity contribution in [2.24, 2.45) is 5.10 Å². The zero-order valence-electron chi connectivity index (χ0n) is 14.3. The number of esters is 1. The number of ether oxygens (including phenoxy) is 1. The summed E-state index contributed by atoms with van der Waals surface area (Å²) in [5, 5.41) is 14.8. The summed E-state index contributed by atoms with van der Waals surface area (Å²) in [6.45, 7) is 5.52. The molecule has 130 valence electrons. The number of hydrogen-bond acceptors (Lipinski definition) is 6. The molecular formula is C18H19N3O4. The first-order valence-electron chi connectivity index (χ1n) is 7.64. The van der Waals surface area contributed by atoms with Crippen molar-refractivity contribution >= 4 is 23.6 Å². The highest BCUT2D eigenvalue weighted by Crippen LogP contribution is 2.17. The van der Waals surface area contributed by atoms with Gasteiger partial charge in [0.15, 0.2) is 0 Å². The van der Waals surface area contributed by atoms with Crippen molar-refractivity contribution in [2.45, 2.75) is 27.4 Å². The molecule has 0 unspecified atom stereocenters. The normalized spacial score (nSPS) is 10.7. The number of non-ortho nitro benzene ring substituents is 1. The maximum absolute atomic E-state index is 10.9. The second-order valence-corrected chi connectivity index (χ2v) is 5.59. The summed E-state index contributed by atoms with van der Waals surface area (Å²) < 4.78 is 5.04. The summed E-state index contributed by atoms with van der Waals surface area (Å²) in [5.74, 6) is -0.310. The molecule has 0 spiro atoms. The quantitative estimate of drug-likeness (QED) is 0.374. The molecule has 25 heavy (non-hydrogen) atoms. The first-order chi connectivity index (χ1) is 11.9. The van der Waals surface area contributed by atoms with Crippen molar-refractivity contribution in [3.63, 3.8) is 0 Å². The van der Waals surface area contributed by atoms with Crippen LogP contribution >= 0.6 is 0 Å². The lowest BCUT2D eigenvalue weighted by Crippen LogP contribution is -2.02. The lowest BCUT2D eigenvalue weighted by Gasteiger charge is -2.10. The monoisotopic (exact) mass is 341 g/mol. The SMILES string of the molecule is CC(=O)OCc1cc(C)c(C=NNc2ccc([N+](=O)[O-])cc2)cc1C. The lowest BCUT2D eigenvalue weighted by atomic mass is 10.0. The smallest absolute Gasteiger partial charge is 0.302 e. The number of benzene rings is 2. The molecule has 0 amide bonds. The molecule has 1 N–H and O–H groups in total. The van der Waals surface area contributed by atoms with Crippen molar-refractivity contribution < 1.29 is 14.5 Å². The molecule has 0 saturated heterocycles. The number of anilines is 1. The van der Waals surface area contributed by atoms with Gasteiger partial charge in [-0.2, -0.15) is 5.10 Å². The Bertz CT molecular complexity index is 814. The van der Waals surface area contributed by atoms with Crippen LogP contribution in [0.5, 0.6) is 0 Å². The molecule has 2 aromatic rings. The van der Waals surface area contributed by atoms with E-state index >= 15 is 0 Å². The van der Waals surface area contributed by atoms with E-state index in [2.05, 4.69) is 10.5 Å². The minimum atomic E-state index is -0.448. The Morgan fingerprint density at radius 3 is 2.52 bits per heavy atom. The van der Waals surface area contributed by atoms with Gasteiger partial charge in [-0.05, 0) is 54.3 Å². The summed E-state index contributed by atoms with van der Waals surface area (Å²) in [4.78, 5) is 21.1. The molecule has 0 heterocycles. The summed E-state index contributed by atoms with van der Waals surface area (Å²) in [6.07, 6.45) is 1.68. The van der Waals surface area contributed by atoms with E-state index in [0.29, 0.717) is 5.69 Å². The molecular weight excluding hydrogens is 322 g/mol. The van der Waals surface area contributed by atoms with Gasteiger partial charge in [0.1, 0.15) is 6.61 Å². The number of nitro groups is 1. The van der Waals surface area contributed by atoms with Crippen LogP contribution in [0.3, 0.4) is 0 Å². The van der Waals surface area contributed by atoms with Crippen LogP contribution in [0.1, 0.15) is 29.2 Å². The van der Waals surface area contributed by atoms with Crippen LogP contribution in [0, 0.1) is 24.0 Å². The number of hydrogen-bond donors (Lipinski definition) is 1. The molecule has 2 aromatic carbocycles. The van der Waals surface area contributed by atoms with E-state index in [4.69, 9.17) is 4.74 Å². The third-order valence-corrected chi connectivity index (χ3v) is 3.63. The fraction of sp³-hybridized carbons (Fsp3) is 0.222. The summed E-state index contributed by atoms with van der Waals surface area (Å²) >= 11 is 0. The molecule has 0 radical (unpaired) electrons. The zero-order chi connectivity index (χ0) is 18.4. The molecule has 0 aliphatic heterocycles.